The molecule has 1 aliphatic rings. The quantitative estimate of drug-likeness (QED) is 0.630. The number of carbonyl (C=O) groups is 3. The van der Waals surface area contributed by atoms with Crippen LogP contribution in [0.3, 0.4) is 0 Å². The molecule has 0 aromatic heterocycles. The summed E-state index contributed by atoms with van der Waals surface area (Å²) in [6.45, 7) is 1.47. The Labute approximate surface area is 111 Å². The van der Waals surface area contributed by atoms with Gasteiger partial charge in [0.1, 0.15) is 6.04 Å². The predicted molar refractivity (Wildman–Crippen MR) is 66.4 cm³/mol. The van der Waals surface area contributed by atoms with Crippen molar-refractivity contribution in [2.24, 2.45) is 5.92 Å². The minimum Gasteiger partial charge on any atom is -0.480 e. The molecule has 0 radical (unpaired) electrons. The van der Waals surface area contributed by atoms with E-state index in [1.165, 1.54) is 7.11 Å². The van der Waals surface area contributed by atoms with Crippen LogP contribution in [0.2, 0.25) is 0 Å². The van der Waals surface area contributed by atoms with Gasteiger partial charge in [-0.3, -0.25) is 9.59 Å². The number of ether oxygens (including phenoxy) is 1. The fraction of sp³-hybridized carbons (Fsp3) is 0.750. The van der Waals surface area contributed by atoms with Crippen molar-refractivity contribution in [2.45, 2.75) is 25.3 Å². The van der Waals surface area contributed by atoms with Crippen molar-refractivity contribution in [2.75, 3.05) is 27.2 Å². The van der Waals surface area contributed by atoms with Crippen LogP contribution in [0.5, 0.6) is 0 Å². The summed E-state index contributed by atoms with van der Waals surface area (Å²) in [4.78, 5) is 36.0. The Morgan fingerprint density at radius 2 is 2.16 bits per heavy atom. The highest BCUT2D eigenvalue weighted by Gasteiger charge is 2.29. The molecule has 2 unspecified atom stereocenters. The van der Waals surface area contributed by atoms with Crippen LogP contribution in [-0.2, 0) is 19.1 Å². The van der Waals surface area contributed by atoms with Crippen molar-refractivity contribution in [1.29, 1.82) is 0 Å². The van der Waals surface area contributed by atoms with E-state index in [9.17, 15) is 14.4 Å². The van der Waals surface area contributed by atoms with Crippen molar-refractivity contribution in [3.63, 3.8) is 0 Å². The average molecular weight is 272 g/mol. The highest BCUT2D eigenvalue weighted by atomic mass is 16.5. The van der Waals surface area contributed by atoms with E-state index in [1.54, 1.807) is 0 Å². The number of carboxylic acids is 1. The maximum Gasteiger partial charge on any atom is 0.326 e. The first-order valence-electron chi connectivity index (χ1n) is 6.22. The maximum atomic E-state index is 11.9. The molecule has 0 aromatic carbocycles. The minimum absolute atomic E-state index is 0.0294. The molecular formula is C12H20N2O5. The summed E-state index contributed by atoms with van der Waals surface area (Å²) in [5.74, 6) is -2.06. The first-order valence-corrected chi connectivity index (χ1v) is 6.22. The molecule has 0 aromatic rings. The van der Waals surface area contributed by atoms with Gasteiger partial charge < -0.3 is 20.1 Å². The summed E-state index contributed by atoms with van der Waals surface area (Å²) in [6.07, 6.45) is 0.736. The summed E-state index contributed by atoms with van der Waals surface area (Å²) in [5.41, 5.74) is 0. The molecule has 108 valence electrons. The molecule has 1 amide bonds. The number of rotatable bonds is 6. The van der Waals surface area contributed by atoms with E-state index in [0.717, 1.165) is 13.0 Å². The molecule has 7 nitrogen and oxygen atoms in total. The van der Waals surface area contributed by atoms with Crippen LogP contribution in [0.15, 0.2) is 0 Å². The van der Waals surface area contributed by atoms with E-state index in [0.29, 0.717) is 6.54 Å². The lowest BCUT2D eigenvalue weighted by atomic mass is 10.1. The zero-order valence-corrected chi connectivity index (χ0v) is 11.2. The van der Waals surface area contributed by atoms with Crippen LogP contribution in [0.25, 0.3) is 0 Å². The molecule has 2 N–H and O–H groups in total. The normalized spacial score (nSPS) is 20.8. The largest absolute Gasteiger partial charge is 0.480 e. The number of nitrogens with one attached hydrogen (secondary N) is 1. The summed E-state index contributed by atoms with van der Waals surface area (Å²) >= 11 is 0. The summed E-state index contributed by atoms with van der Waals surface area (Å²) in [5, 5.41) is 11.5. The van der Waals surface area contributed by atoms with Crippen LogP contribution in [-0.4, -0.2) is 61.1 Å². The van der Waals surface area contributed by atoms with Gasteiger partial charge in [-0.2, -0.15) is 0 Å². The highest BCUT2D eigenvalue weighted by molar-refractivity contribution is 5.85. The van der Waals surface area contributed by atoms with Gasteiger partial charge in [-0.25, -0.2) is 4.79 Å². The van der Waals surface area contributed by atoms with E-state index in [4.69, 9.17) is 5.11 Å². The van der Waals surface area contributed by atoms with Crippen LogP contribution in [0.4, 0.5) is 0 Å². The zero-order chi connectivity index (χ0) is 14.4. The Bertz CT molecular complexity index is 358. The zero-order valence-electron chi connectivity index (χ0n) is 11.2. The second kappa shape index (κ2) is 7.08. The number of hydrogen-bond acceptors (Lipinski definition) is 5. The van der Waals surface area contributed by atoms with Gasteiger partial charge in [-0.15, -0.1) is 0 Å². The van der Waals surface area contributed by atoms with E-state index < -0.39 is 18.0 Å². The van der Waals surface area contributed by atoms with Gasteiger partial charge in [0.2, 0.25) is 5.91 Å². The van der Waals surface area contributed by atoms with Gasteiger partial charge in [0.25, 0.3) is 0 Å². The van der Waals surface area contributed by atoms with Crippen molar-refractivity contribution >= 4 is 17.8 Å². The Morgan fingerprint density at radius 1 is 1.47 bits per heavy atom. The van der Waals surface area contributed by atoms with Crippen LogP contribution < -0.4 is 5.32 Å². The molecule has 0 spiro atoms. The molecule has 1 saturated heterocycles. The van der Waals surface area contributed by atoms with Gasteiger partial charge in [0.05, 0.1) is 13.0 Å². The second-order valence-electron chi connectivity index (χ2n) is 4.76. The third-order valence-corrected chi connectivity index (χ3v) is 3.24. The van der Waals surface area contributed by atoms with E-state index in [-0.39, 0.29) is 24.7 Å². The molecular weight excluding hydrogens is 252 g/mol. The Balaban J connectivity index is 2.46. The number of carbonyl (C=O) groups excluding carboxylic acids is 2. The lowest BCUT2D eigenvalue weighted by molar-refractivity contribution is -0.144. The lowest BCUT2D eigenvalue weighted by Gasteiger charge is -2.17. The summed E-state index contributed by atoms with van der Waals surface area (Å²) in [6, 6.07) is -1.04. The molecule has 1 aliphatic heterocycles. The lowest BCUT2D eigenvalue weighted by Crippen LogP contribution is -2.44. The SMILES string of the molecule is COC(=O)CCC(NC(=O)C1CCN(C)C1)C(=O)O. The van der Waals surface area contributed by atoms with Crippen molar-refractivity contribution in [1.82, 2.24) is 10.2 Å². The smallest absolute Gasteiger partial charge is 0.326 e. The Kier molecular flexibility index (Phi) is 5.75. The third-order valence-electron chi connectivity index (χ3n) is 3.24. The molecule has 1 rings (SSSR count). The molecule has 1 fully saturated rings. The fourth-order valence-corrected chi connectivity index (χ4v) is 2.06. The van der Waals surface area contributed by atoms with E-state index >= 15 is 0 Å². The maximum absolute atomic E-state index is 11.9. The van der Waals surface area contributed by atoms with Gasteiger partial charge in [0.15, 0.2) is 0 Å². The predicted octanol–water partition coefficient (Wildman–Crippen LogP) is -0.539. The number of likely N-dealkylation sites (tertiary alicyclic amines) is 1. The average Bonchev–Trinajstić information content (AvgIpc) is 2.80. The Hall–Kier alpha value is -1.63. The third kappa shape index (κ3) is 4.86. The molecule has 0 saturated carbocycles. The van der Waals surface area contributed by atoms with Gasteiger partial charge in [-0.1, -0.05) is 0 Å². The summed E-state index contributed by atoms with van der Waals surface area (Å²) < 4.78 is 4.45. The number of nitrogens with zero attached hydrogens (tertiary/aromatic N) is 1. The van der Waals surface area contributed by atoms with Crippen molar-refractivity contribution in [3.05, 3.63) is 0 Å². The second-order valence-corrected chi connectivity index (χ2v) is 4.76. The van der Waals surface area contributed by atoms with Gasteiger partial charge in [0, 0.05) is 13.0 Å². The first-order chi connectivity index (χ1) is 8.93. The number of methoxy groups -OCH3 is 1. The number of carboxylic acid groups (broad SMARTS) is 1. The van der Waals surface area contributed by atoms with Crippen molar-refractivity contribution in [3.8, 4) is 0 Å². The standard InChI is InChI=1S/C12H20N2O5/c1-14-6-5-8(7-14)11(16)13-9(12(17)18)3-4-10(15)19-2/h8-9H,3-7H2,1-2H3,(H,13,16)(H,17,18). The molecule has 0 aliphatic carbocycles. The van der Waals surface area contributed by atoms with Crippen LogP contribution in [0.1, 0.15) is 19.3 Å². The van der Waals surface area contributed by atoms with Gasteiger partial charge in [-0.05, 0) is 26.4 Å². The topological polar surface area (TPSA) is 95.9 Å². The van der Waals surface area contributed by atoms with Crippen molar-refractivity contribution < 1.29 is 24.2 Å². The fourth-order valence-electron chi connectivity index (χ4n) is 2.06. The molecule has 1 heterocycles. The number of hydrogen-bond donors (Lipinski definition) is 2. The number of aliphatic carboxylic acids is 1. The molecule has 7 heteroatoms. The van der Waals surface area contributed by atoms with E-state index in [2.05, 4.69) is 10.1 Å². The first kappa shape index (κ1) is 15.4. The summed E-state index contributed by atoms with van der Waals surface area (Å²) in [7, 11) is 3.16. The monoisotopic (exact) mass is 272 g/mol. The van der Waals surface area contributed by atoms with Crippen LogP contribution in [0, 0.1) is 5.92 Å². The molecule has 0 bridgehead atoms. The number of esters is 1. The molecule has 19 heavy (non-hydrogen) atoms. The molecule has 2 atom stereocenters. The number of amides is 1. The van der Waals surface area contributed by atoms with Crippen LogP contribution >= 0.6 is 0 Å². The van der Waals surface area contributed by atoms with E-state index in [1.807, 2.05) is 11.9 Å². The Morgan fingerprint density at radius 3 is 2.63 bits per heavy atom. The van der Waals surface area contributed by atoms with Gasteiger partial charge >= 0.3 is 11.9 Å². The highest BCUT2D eigenvalue weighted by Crippen LogP contribution is 2.14. The minimum atomic E-state index is -1.14.